The highest BCUT2D eigenvalue weighted by molar-refractivity contribution is 9.10. The smallest absolute Gasteiger partial charge is 0.0530 e. The van der Waals surface area contributed by atoms with Gasteiger partial charge in [-0.05, 0) is 46.6 Å². The van der Waals surface area contributed by atoms with E-state index >= 15 is 0 Å². The summed E-state index contributed by atoms with van der Waals surface area (Å²) in [5.74, 6) is 0. The topological polar surface area (TPSA) is 15.3 Å². The molecule has 3 heteroatoms. The molecule has 90 valence electrons. The minimum atomic E-state index is 0.0212. The average Bonchev–Trinajstić information content (AvgIpc) is 2.20. The second-order valence-corrected chi connectivity index (χ2v) is 5.71. The highest BCUT2D eigenvalue weighted by atomic mass is 79.9. The fourth-order valence-electron chi connectivity index (χ4n) is 2.15. The molecule has 2 nitrogen and oxygen atoms in total. The number of rotatable bonds is 4. The molecule has 0 aliphatic carbocycles. The summed E-state index contributed by atoms with van der Waals surface area (Å²) in [6.45, 7) is 4.44. The van der Waals surface area contributed by atoms with Crippen LogP contribution in [0.3, 0.4) is 0 Å². The molecule has 1 atom stereocenters. The summed E-state index contributed by atoms with van der Waals surface area (Å²) >= 11 is 3.63. The predicted molar refractivity (Wildman–Crippen MR) is 73.7 cm³/mol. The number of hydrogen-bond acceptors (Lipinski definition) is 2. The van der Waals surface area contributed by atoms with Gasteiger partial charge in [-0.1, -0.05) is 34.1 Å². The van der Waals surface area contributed by atoms with Crippen molar-refractivity contribution in [1.29, 1.82) is 0 Å². The molecule has 1 unspecified atom stereocenters. The van der Waals surface area contributed by atoms with Gasteiger partial charge in [-0.3, -0.25) is 0 Å². The summed E-state index contributed by atoms with van der Waals surface area (Å²) in [6.07, 6.45) is 0. The predicted octanol–water partition coefficient (Wildman–Crippen LogP) is 3.05. The highest BCUT2D eigenvalue weighted by Crippen LogP contribution is 2.34. The zero-order valence-corrected chi connectivity index (χ0v) is 12.3. The van der Waals surface area contributed by atoms with E-state index in [1.165, 1.54) is 5.56 Å². The Kier molecular flexibility index (Phi) is 4.53. The zero-order chi connectivity index (χ0) is 12.3. The molecule has 16 heavy (non-hydrogen) atoms. The monoisotopic (exact) mass is 284 g/mol. The number of nitrogens with one attached hydrogen (secondary N) is 1. The molecule has 0 aliphatic rings. The molecule has 1 aromatic rings. The van der Waals surface area contributed by atoms with E-state index in [0.29, 0.717) is 6.04 Å². The lowest BCUT2D eigenvalue weighted by Gasteiger charge is -2.39. The summed E-state index contributed by atoms with van der Waals surface area (Å²) < 4.78 is 1.16. The van der Waals surface area contributed by atoms with E-state index in [0.717, 1.165) is 4.47 Å². The summed E-state index contributed by atoms with van der Waals surface area (Å²) in [7, 11) is 6.24. The maximum atomic E-state index is 3.63. The molecule has 0 aromatic heterocycles. The Morgan fingerprint density at radius 1 is 1.25 bits per heavy atom. The zero-order valence-electron chi connectivity index (χ0n) is 10.7. The fraction of sp³-hybridized carbons (Fsp3) is 0.538. The SMILES string of the molecule is CNC(C)(C)C(c1ccccc1Br)N(C)C. The number of benzene rings is 1. The lowest BCUT2D eigenvalue weighted by Crippen LogP contribution is -2.48. The second kappa shape index (κ2) is 5.30. The molecule has 0 amide bonds. The van der Waals surface area contributed by atoms with Gasteiger partial charge in [-0.25, -0.2) is 0 Å². The van der Waals surface area contributed by atoms with Crippen molar-refractivity contribution in [1.82, 2.24) is 10.2 Å². The average molecular weight is 285 g/mol. The van der Waals surface area contributed by atoms with Crippen LogP contribution < -0.4 is 5.32 Å². The summed E-state index contributed by atoms with van der Waals surface area (Å²) in [5, 5.41) is 3.39. The molecular formula is C13H21BrN2. The largest absolute Gasteiger partial charge is 0.313 e. The molecular weight excluding hydrogens is 264 g/mol. The first-order chi connectivity index (χ1) is 7.40. The first-order valence-corrected chi connectivity index (χ1v) is 6.29. The third kappa shape index (κ3) is 2.84. The summed E-state index contributed by atoms with van der Waals surface area (Å²) in [5.41, 5.74) is 1.33. The number of hydrogen-bond donors (Lipinski definition) is 1. The quantitative estimate of drug-likeness (QED) is 0.914. The molecule has 1 N–H and O–H groups in total. The first-order valence-electron chi connectivity index (χ1n) is 5.50. The maximum Gasteiger partial charge on any atom is 0.0530 e. The van der Waals surface area contributed by atoms with Gasteiger partial charge < -0.3 is 10.2 Å². The standard InChI is InChI=1S/C13H21BrN2/c1-13(2,15-3)12(16(4)5)10-8-6-7-9-11(10)14/h6-9,12,15H,1-5H3. The van der Waals surface area contributed by atoms with Crippen molar-refractivity contribution in [2.24, 2.45) is 0 Å². The normalized spacial score (nSPS) is 14.2. The van der Waals surface area contributed by atoms with E-state index in [-0.39, 0.29) is 5.54 Å². The van der Waals surface area contributed by atoms with Gasteiger partial charge in [0.15, 0.2) is 0 Å². The van der Waals surface area contributed by atoms with E-state index in [2.05, 4.69) is 72.3 Å². The lowest BCUT2D eigenvalue weighted by atomic mass is 9.88. The minimum Gasteiger partial charge on any atom is -0.313 e. The van der Waals surface area contributed by atoms with Gasteiger partial charge in [0.25, 0.3) is 0 Å². The van der Waals surface area contributed by atoms with Gasteiger partial charge in [-0.15, -0.1) is 0 Å². The molecule has 0 radical (unpaired) electrons. The van der Waals surface area contributed by atoms with Crippen LogP contribution in [0.1, 0.15) is 25.5 Å². The van der Waals surface area contributed by atoms with Crippen molar-refractivity contribution in [3.05, 3.63) is 34.3 Å². The lowest BCUT2D eigenvalue weighted by molar-refractivity contribution is 0.177. The molecule has 1 aromatic carbocycles. The maximum absolute atomic E-state index is 3.63. The Balaban J connectivity index is 3.19. The number of likely N-dealkylation sites (N-methyl/N-ethyl adjacent to an activating group) is 2. The van der Waals surface area contributed by atoms with E-state index in [1.807, 2.05) is 13.1 Å². The second-order valence-electron chi connectivity index (χ2n) is 4.86. The van der Waals surface area contributed by atoms with Crippen LogP contribution in [0.25, 0.3) is 0 Å². The summed E-state index contributed by atoms with van der Waals surface area (Å²) in [6, 6.07) is 8.73. The van der Waals surface area contributed by atoms with Crippen molar-refractivity contribution in [2.75, 3.05) is 21.1 Å². The highest BCUT2D eigenvalue weighted by Gasteiger charge is 2.31. The van der Waals surface area contributed by atoms with Gasteiger partial charge in [0.1, 0.15) is 0 Å². The van der Waals surface area contributed by atoms with E-state index in [9.17, 15) is 0 Å². The van der Waals surface area contributed by atoms with Gasteiger partial charge in [0.05, 0.1) is 6.04 Å². The molecule has 0 fully saturated rings. The van der Waals surface area contributed by atoms with Crippen LogP contribution in [0.2, 0.25) is 0 Å². The van der Waals surface area contributed by atoms with E-state index in [4.69, 9.17) is 0 Å². The third-order valence-electron chi connectivity index (χ3n) is 3.04. The van der Waals surface area contributed by atoms with Crippen LogP contribution in [0.15, 0.2) is 28.7 Å². The molecule has 0 bridgehead atoms. The molecule has 0 aliphatic heterocycles. The van der Waals surface area contributed by atoms with Crippen molar-refractivity contribution in [2.45, 2.75) is 25.4 Å². The summed E-state index contributed by atoms with van der Waals surface area (Å²) in [4.78, 5) is 2.25. The Hall–Kier alpha value is -0.380. The first kappa shape index (κ1) is 13.7. The molecule has 1 rings (SSSR count). The Morgan fingerprint density at radius 3 is 2.25 bits per heavy atom. The van der Waals surface area contributed by atoms with Crippen LogP contribution in [0.5, 0.6) is 0 Å². The molecule has 0 heterocycles. The minimum absolute atomic E-state index is 0.0212. The fourth-order valence-corrected chi connectivity index (χ4v) is 2.65. The van der Waals surface area contributed by atoms with E-state index < -0.39 is 0 Å². The van der Waals surface area contributed by atoms with Crippen LogP contribution >= 0.6 is 15.9 Å². The van der Waals surface area contributed by atoms with Gasteiger partial charge in [-0.2, -0.15) is 0 Å². The number of halogens is 1. The van der Waals surface area contributed by atoms with E-state index in [1.54, 1.807) is 0 Å². The van der Waals surface area contributed by atoms with Gasteiger partial charge >= 0.3 is 0 Å². The Bertz CT molecular complexity index is 348. The Labute approximate surface area is 107 Å². The van der Waals surface area contributed by atoms with Crippen LogP contribution in [0.4, 0.5) is 0 Å². The molecule has 0 saturated carbocycles. The van der Waals surface area contributed by atoms with Crippen molar-refractivity contribution in [3.63, 3.8) is 0 Å². The van der Waals surface area contributed by atoms with Crippen molar-refractivity contribution < 1.29 is 0 Å². The van der Waals surface area contributed by atoms with Crippen LogP contribution in [0, 0.1) is 0 Å². The van der Waals surface area contributed by atoms with Gasteiger partial charge in [0, 0.05) is 10.0 Å². The van der Waals surface area contributed by atoms with Crippen molar-refractivity contribution >= 4 is 15.9 Å². The van der Waals surface area contributed by atoms with Crippen LogP contribution in [-0.4, -0.2) is 31.6 Å². The number of nitrogens with zero attached hydrogens (tertiary/aromatic N) is 1. The van der Waals surface area contributed by atoms with Crippen LogP contribution in [-0.2, 0) is 0 Å². The Morgan fingerprint density at radius 2 is 1.81 bits per heavy atom. The van der Waals surface area contributed by atoms with Crippen molar-refractivity contribution in [3.8, 4) is 0 Å². The molecule has 0 spiro atoms. The van der Waals surface area contributed by atoms with Gasteiger partial charge in [0.2, 0.25) is 0 Å². The third-order valence-corrected chi connectivity index (χ3v) is 3.77. The molecule has 0 saturated heterocycles.